The van der Waals surface area contributed by atoms with Gasteiger partial charge in [-0.3, -0.25) is 0 Å². The third-order valence-corrected chi connectivity index (χ3v) is 3.57. The van der Waals surface area contributed by atoms with Crippen molar-refractivity contribution in [3.8, 4) is 0 Å². The highest BCUT2D eigenvalue weighted by molar-refractivity contribution is 5.18. The number of hydrogen-bond donors (Lipinski definition) is 1. The van der Waals surface area contributed by atoms with Crippen LogP contribution in [-0.4, -0.2) is 29.1 Å². The van der Waals surface area contributed by atoms with Crippen LogP contribution in [0.4, 0.5) is 0 Å². The summed E-state index contributed by atoms with van der Waals surface area (Å²) in [6.45, 7) is 6.58. The summed E-state index contributed by atoms with van der Waals surface area (Å²) < 4.78 is 0. The minimum atomic E-state index is -0.301. The summed E-state index contributed by atoms with van der Waals surface area (Å²) in [6.07, 6.45) is 0.804. The van der Waals surface area contributed by atoms with Gasteiger partial charge < -0.3 is 10.0 Å². The molecule has 2 heteroatoms. The number of aliphatic hydroxyl groups is 1. The maximum atomic E-state index is 10.3. The molecule has 1 N–H and O–H groups in total. The van der Waals surface area contributed by atoms with E-state index in [0.29, 0.717) is 12.0 Å². The third kappa shape index (κ3) is 2.45. The van der Waals surface area contributed by atoms with Gasteiger partial charge in [0.2, 0.25) is 0 Å². The molecule has 1 aromatic rings. The van der Waals surface area contributed by atoms with Crippen LogP contribution in [0.1, 0.15) is 31.9 Å². The predicted octanol–water partition coefficient (Wildman–Crippen LogP) is 2.45. The summed E-state index contributed by atoms with van der Waals surface area (Å²) in [7, 11) is 0. The Labute approximate surface area is 97.9 Å². The molecule has 0 saturated carbocycles. The van der Waals surface area contributed by atoms with Crippen LogP contribution < -0.4 is 0 Å². The zero-order valence-corrected chi connectivity index (χ0v) is 10.1. The predicted molar refractivity (Wildman–Crippen MR) is 66.2 cm³/mol. The van der Waals surface area contributed by atoms with E-state index in [1.54, 1.807) is 0 Å². The van der Waals surface area contributed by atoms with Gasteiger partial charge >= 0.3 is 0 Å². The maximum absolute atomic E-state index is 10.3. The SMILES string of the molecule is CC(C)N1CC[C@@H]([C@H](O)c2ccccc2)C1. The van der Waals surface area contributed by atoms with E-state index >= 15 is 0 Å². The molecule has 1 saturated heterocycles. The van der Waals surface area contributed by atoms with Gasteiger partial charge in [-0.25, -0.2) is 0 Å². The lowest BCUT2D eigenvalue weighted by Gasteiger charge is -2.22. The molecule has 0 aromatic heterocycles. The minimum absolute atomic E-state index is 0.301. The Bertz CT molecular complexity index is 323. The monoisotopic (exact) mass is 219 g/mol. The summed E-state index contributed by atoms with van der Waals surface area (Å²) in [4.78, 5) is 2.44. The Morgan fingerprint density at radius 1 is 1.25 bits per heavy atom. The van der Waals surface area contributed by atoms with Gasteiger partial charge in [-0.05, 0) is 32.4 Å². The van der Waals surface area contributed by atoms with Gasteiger partial charge in [0.25, 0.3) is 0 Å². The Morgan fingerprint density at radius 2 is 1.94 bits per heavy atom. The van der Waals surface area contributed by atoms with E-state index in [-0.39, 0.29) is 6.10 Å². The van der Waals surface area contributed by atoms with Gasteiger partial charge in [-0.1, -0.05) is 30.3 Å². The fourth-order valence-electron chi connectivity index (χ4n) is 2.46. The Hall–Kier alpha value is -0.860. The standard InChI is InChI=1S/C14H21NO/c1-11(2)15-9-8-13(10-15)14(16)12-6-4-3-5-7-12/h3-7,11,13-14,16H,8-10H2,1-2H3/t13-,14-/m1/s1. The van der Waals surface area contributed by atoms with Crippen molar-refractivity contribution < 1.29 is 5.11 Å². The van der Waals surface area contributed by atoms with Gasteiger partial charge in [-0.15, -0.1) is 0 Å². The number of likely N-dealkylation sites (tertiary alicyclic amines) is 1. The molecular formula is C14H21NO. The van der Waals surface area contributed by atoms with Crippen LogP contribution in [-0.2, 0) is 0 Å². The van der Waals surface area contributed by atoms with E-state index in [9.17, 15) is 5.11 Å². The van der Waals surface area contributed by atoms with Gasteiger partial charge in [0.1, 0.15) is 0 Å². The maximum Gasteiger partial charge on any atom is 0.0830 e. The first-order valence-electron chi connectivity index (χ1n) is 6.15. The Kier molecular flexibility index (Phi) is 3.62. The first-order valence-corrected chi connectivity index (χ1v) is 6.15. The van der Waals surface area contributed by atoms with Crippen LogP contribution in [0, 0.1) is 5.92 Å². The molecule has 0 spiro atoms. The third-order valence-electron chi connectivity index (χ3n) is 3.57. The lowest BCUT2D eigenvalue weighted by molar-refractivity contribution is 0.108. The molecule has 2 rings (SSSR count). The van der Waals surface area contributed by atoms with Crippen molar-refractivity contribution in [2.45, 2.75) is 32.4 Å². The first kappa shape index (κ1) is 11.6. The molecule has 16 heavy (non-hydrogen) atoms. The van der Waals surface area contributed by atoms with Gasteiger partial charge in [-0.2, -0.15) is 0 Å². The van der Waals surface area contributed by atoms with Crippen molar-refractivity contribution >= 4 is 0 Å². The summed E-state index contributed by atoms with van der Waals surface area (Å²) in [5.41, 5.74) is 1.05. The summed E-state index contributed by atoms with van der Waals surface area (Å²) in [5.74, 6) is 0.393. The number of hydrogen-bond acceptors (Lipinski definition) is 2. The molecular weight excluding hydrogens is 198 g/mol. The minimum Gasteiger partial charge on any atom is -0.388 e. The number of aliphatic hydroxyl groups excluding tert-OH is 1. The summed E-state index contributed by atoms with van der Waals surface area (Å²) in [6, 6.07) is 10.6. The van der Waals surface area contributed by atoms with Crippen LogP contribution in [0.25, 0.3) is 0 Å². The first-order chi connectivity index (χ1) is 7.68. The van der Waals surface area contributed by atoms with Gasteiger partial charge in [0, 0.05) is 18.5 Å². The van der Waals surface area contributed by atoms with Crippen molar-refractivity contribution in [2.24, 2.45) is 5.92 Å². The molecule has 0 bridgehead atoms. The topological polar surface area (TPSA) is 23.5 Å². The quantitative estimate of drug-likeness (QED) is 0.844. The zero-order valence-electron chi connectivity index (χ0n) is 10.1. The van der Waals surface area contributed by atoms with Crippen molar-refractivity contribution in [2.75, 3.05) is 13.1 Å². The zero-order chi connectivity index (χ0) is 11.5. The molecule has 1 aromatic carbocycles. The second-order valence-corrected chi connectivity index (χ2v) is 4.99. The number of rotatable bonds is 3. The van der Waals surface area contributed by atoms with E-state index < -0.39 is 0 Å². The van der Waals surface area contributed by atoms with E-state index in [1.807, 2.05) is 30.3 Å². The molecule has 1 heterocycles. The highest BCUT2D eigenvalue weighted by atomic mass is 16.3. The number of nitrogens with zero attached hydrogens (tertiary/aromatic N) is 1. The summed E-state index contributed by atoms with van der Waals surface area (Å²) in [5, 5.41) is 10.3. The van der Waals surface area contributed by atoms with Crippen molar-refractivity contribution in [1.29, 1.82) is 0 Å². The molecule has 0 radical (unpaired) electrons. The fraction of sp³-hybridized carbons (Fsp3) is 0.571. The van der Waals surface area contributed by atoms with Crippen molar-refractivity contribution in [1.82, 2.24) is 4.90 Å². The molecule has 0 unspecified atom stereocenters. The highest BCUT2D eigenvalue weighted by Crippen LogP contribution is 2.30. The highest BCUT2D eigenvalue weighted by Gasteiger charge is 2.29. The second-order valence-electron chi connectivity index (χ2n) is 4.99. The van der Waals surface area contributed by atoms with Crippen molar-refractivity contribution in [3.05, 3.63) is 35.9 Å². The molecule has 2 atom stereocenters. The van der Waals surface area contributed by atoms with Gasteiger partial charge in [0.15, 0.2) is 0 Å². The van der Waals surface area contributed by atoms with Crippen LogP contribution in [0.3, 0.4) is 0 Å². The van der Waals surface area contributed by atoms with Crippen molar-refractivity contribution in [3.63, 3.8) is 0 Å². The molecule has 1 aliphatic heterocycles. The normalized spacial score (nSPS) is 23.9. The second kappa shape index (κ2) is 4.98. The average molecular weight is 219 g/mol. The molecule has 2 nitrogen and oxygen atoms in total. The molecule has 1 fully saturated rings. The fourth-order valence-corrected chi connectivity index (χ4v) is 2.46. The molecule has 1 aliphatic rings. The van der Waals surface area contributed by atoms with Crippen LogP contribution in [0.15, 0.2) is 30.3 Å². The van der Waals surface area contributed by atoms with E-state index in [1.165, 1.54) is 0 Å². The van der Waals surface area contributed by atoms with Crippen LogP contribution in [0.2, 0.25) is 0 Å². The Morgan fingerprint density at radius 3 is 2.50 bits per heavy atom. The largest absolute Gasteiger partial charge is 0.388 e. The summed E-state index contributed by atoms with van der Waals surface area (Å²) >= 11 is 0. The molecule has 88 valence electrons. The molecule has 0 aliphatic carbocycles. The van der Waals surface area contributed by atoms with E-state index in [0.717, 1.165) is 25.1 Å². The lowest BCUT2D eigenvalue weighted by atomic mass is 9.95. The molecule has 0 amide bonds. The lowest BCUT2D eigenvalue weighted by Crippen LogP contribution is -2.29. The smallest absolute Gasteiger partial charge is 0.0830 e. The van der Waals surface area contributed by atoms with E-state index in [4.69, 9.17) is 0 Å². The van der Waals surface area contributed by atoms with E-state index in [2.05, 4.69) is 18.7 Å². The average Bonchev–Trinajstić information content (AvgIpc) is 2.78. The Balaban J connectivity index is 2.00. The van der Waals surface area contributed by atoms with Gasteiger partial charge in [0.05, 0.1) is 6.10 Å². The van der Waals surface area contributed by atoms with Crippen LogP contribution >= 0.6 is 0 Å². The number of benzene rings is 1. The van der Waals surface area contributed by atoms with Crippen LogP contribution in [0.5, 0.6) is 0 Å².